The van der Waals surface area contributed by atoms with Crippen LogP contribution in [0.5, 0.6) is 0 Å². The molecule has 0 aliphatic carbocycles. The van der Waals surface area contributed by atoms with Crippen LogP contribution in [-0.2, 0) is 22.4 Å². The number of hydrogen-bond acceptors (Lipinski definition) is 4. The zero-order valence-corrected chi connectivity index (χ0v) is 15.0. The van der Waals surface area contributed by atoms with Gasteiger partial charge in [-0.2, -0.15) is 0 Å². The second-order valence-corrected chi connectivity index (χ2v) is 6.96. The van der Waals surface area contributed by atoms with E-state index in [0.717, 1.165) is 37.0 Å². The minimum absolute atomic E-state index is 0.0602. The van der Waals surface area contributed by atoms with Gasteiger partial charge in [0.25, 0.3) is 5.91 Å². The second kappa shape index (κ2) is 7.60. The highest BCUT2D eigenvalue weighted by Crippen LogP contribution is 2.33. The maximum absolute atomic E-state index is 12.7. The number of aryl methyl sites for hydroxylation is 2. The van der Waals surface area contributed by atoms with E-state index in [1.54, 1.807) is 0 Å². The molecule has 25 heavy (non-hydrogen) atoms. The molecule has 1 N–H and O–H groups in total. The summed E-state index contributed by atoms with van der Waals surface area (Å²) in [5.41, 5.74) is 1.10. The van der Waals surface area contributed by atoms with Gasteiger partial charge < -0.3 is 19.2 Å². The van der Waals surface area contributed by atoms with Gasteiger partial charge in [-0.3, -0.25) is 9.59 Å². The Bertz CT molecular complexity index is 608. The normalized spacial score (nSPS) is 24.6. The first-order chi connectivity index (χ1) is 12.0. The molecule has 6 nitrogen and oxygen atoms in total. The number of carboxylic acid groups (broad SMARTS) is 1. The van der Waals surface area contributed by atoms with Crippen molar-refractivity contribution >= 4 is 11.9 Å². The van der Waals surface area contributed by atoms with Crippen LogP contribution in [0.2, 0.25) is 0 Å². The summed E-state index contributed by atoms with van der Waals surface area (Å²) in [7, 11) is 0. The lowest BCUT2D eigenvalue weighted by atomic mass is 9.84. The third kappa shape index (κ3) is 3.59. The molecule has 0 bridgehead atoms. The number of amides is 1. The third-order valence-corrected chi connectivity index (χ3v) is 5.55. The molecule has 2 saturated heterocycles. The number of piperidine rings is 1. The Morgan fingerprint density at radius 2 is 1.92 bits per heavy atom. The summed E-state index contributed by atoms with van der Waals surface area (Å²) in [6.45, 7) is 5.85. The van der Waals surface area contributed by atoms with Crippen molar-refractivity contribution < 1.29 is 23.8 Å². The number of rotatable bonds is 5. The number of ether oxygens (including phenoxy) is 1. The van der Waals surface area contributed by atoms with Gasteiger partial charge in [-0.05, 0) is 43.2 Å². The standard InChI is InChI=1S/C19H27NO5/c1-3-12-11-16(25-15(12)4-2)18(21)20-8-5-13(6-9-20)17-14(19(22)23)7-10-24-17/h11,13-14,17H,3-10H2,1-2H3,(H,22,23)/t14?,17-/m0/s1. The summed E-state index contributed by atoms with van der Waals surface area (Å²) in [5.74, 6) is 0.293. The van der Waals surface area contributed by atoms with Crippen molar-refractivity contribution in [3.8, 4) is 0 Å². The molecule has 2 atom stereocenters. The number of carboxylic acids is 1. The zero-order chi connectivity index (χ0) is 18.0. The summed E-state index contributed by atoms with van der Waals surface area (Å²) in [6.07, 6.45) is 3.58. The van der Waals surface area contributed by atoms with Gasteiger partial charge in [0.2, 0.25) is 0 Å². The average molecular weight is 349 g/mol. The molecule has 0 radical (unpaired) electrons. The van der Waals surface area contributed by atoms with E-state index in [1.807, 2.05) is 17.9 Å². The van der Waals surface area contributed by atoms with E-state index in [-0.39, 0.29) is 17.9 Å². The van der Waals surface area contributed by atoms with Crippen LogP contribution in [-0.4, -0.2) is 47.7 Å². The summed E-state index contributed by atoms with van der Waals surface area (Å²) in [6, 6.07) is 1.87. The summed E-state index contributed by atoms with van der Waals surface area (Å²) >= 11 is 0. The molecule has 138 valence electrons. The topological polar surface area (TPSA) is 80.0 Å². The first-order valence-electron chi connectivity index (χ1n) is 9.30. The fourth-order valence-electron chi connectivity index (χ4n) is 4.10. The highest BCUT2D eigenvalue weighted by atomic mass is 16.5. The van der Waals surface area contributed by atoms with E-state index in [9.17, 15) is 14.7 Å². The second-order valence-electron chi connectivity index (χ2n) is 6.96. The number of likely N-dealkylation sites (tertiary alicyclic amines) is 1. The Balaban J connectivity index is 1.61. The molecule has 1 unspecified atom stereocenters. The lowest BCUT2D eigenvalue weighted by Gasteiger charge is -2.35. The van der Waals surface area contributed by atoms with Crippen molar-refractivity contribution in [1.29, 1.82) is 0 Å². The molecule has 0 saturated carbocycles. The molecule has 6 heteroatoms. The van der Waals surface area contributed by atoms with Crippen LogP contribution in [0, 0.1) is 11.8 Å². The Morgan fingerprint density at radius 3 is 2.48 bits per heavy atom. The highest BCUT2D eigenvalue weighted by molar-refractivity contribution is 5.91. The number of furan rings is 1. The smallest absolute Gasteiger partial charge is 0.309 e. The highest BCUT2D eigenvalue weighted by Gasteiger charge is 2.41. The van der Waals surface area contributed by atoms with Crippen LogP contribution < -0.4 is 0 Å². The van der Waals surface area contributed by atoms with E-state index in [2.05, 4.69) is 6.92 Å². The van der Waals surface area contributed by atoms with E-state index in [4.69, 9.17) is 9.15 Å². The Labute approximate surface area is 148 Å². The van der Waals surface area contributed by atoms with Crippen molar-refractivity contribution in [3.05, 3.63) is 23.2 Å². The van der Waals surface area contributed by atoms with Crippen LogP contribution in [0.3, 0.4) is 0 Å². The van der Waals surface area contributed by atoms with Crippen molar-refractivity contribution in [3.63, 3.8) is 0 Å². The number of carbonyl (C=O) groups excluding carboxylic acids is 1. The van der Waals surface area contributed by atoms with Gasteiger partial charge in [0.05, 0.1) is 12.0 Å². The van der Waals surface area contributed by atoms with Gasteiger partial charge in [0, 0.05) is 26.1 Å². The third-order valence-electron chi connectivity index (χ3n) is 5.55. The Kier molecular flexibility index (Phi) is 5.47. The number of hydrogen-bond donors (Lipinski definition) is 1. The van der Waals surface area contributed by atoms with Gasteiger partial charge in [0.15, 0.2) is 5.76 Å². The largest absolute Gasteiger partial charge is 0.481 e. The van der Waals surface area contributed by atoms with E-state index >= 15 is 0 Å². The predicted molar refractivity (Wildman–Crippen MR) is 91.6 cm³/mol. The summed E-state index contributed by atoms with van der Waals surface area (Å²) in [5, 5.41) is 9.32. The van der Waals surface area contributed by atoms with Crippen molar-refractivity contribution in [2.45, 2.75) is 52.1 Å². The van der Waals surface area contributed by atoms with Crippen LogP contribution in [0.15, 0.2) is 10.5 Å². The fourth-order valence-corrected chi connectivity index (χ4v) is 4.10. The molecule has 1 aromatic heterocycles. The number of aliphatic carboxylic acids is 1. The van der Waals surface area contributed by atoms with Crippen LogP contribution in [0.4, 0.5) is 0 Å². The van der Waals surface area contributed by atoms with Crippen LogP contribution in [0.1, 0.15) is 55.0 Å². The molecule has 2 aliphatic rings. The number of carbonyl (C=O) groups is 2. The average Bonchev–Trinajstić information content (AvgIpc) is 3.27. The first-order valence-corrected chi connectivity index (χ1v) is 9.30. The van der Waals surface area contributed by atoms with Crippen molar-refractivity contribution in [2.24, 2.45) is 11.8 Å². The van der Waals surface area contributed by atoms with E-state index in [0.29, 0.717) is 31.9 Å². The summed E-state index contributed by atoms with van der Waals surface area (Å²) in [4.78, 5) is 25.9. The quantitative estimate of drug-likeness (QED) is 0.884. The van der Waals surface area contributed by atoms with Crippen molar-refractivity contribution in [2.75, 3.05) is 19.7 Å². The molecule has 0 aromatic carbocycles. The summed E-state index contributed by atoms with van der Waals surface area (Å²) < 4.78 is 11.4. The Morgan fingerprint density at radius 1 is 1.20 bits per heavy atom. The van der Waals surface area contributed by atoms with Crippen LogP contribution >= 0.6 is 0 Å². The van der Waals surface area contributed by atoms with Gasteiger partial charge in [0.1, 0.15) is 5.76 Å². The molecule has 2 aliphatic heterocycles. The minimum Gasteiger partial charge on any atom is -0.481 e. The molecule has 2 fully saturated rings. The lowest BCUT2D eigenvalue weighted by Crippen LogP contribution is -2.43. The molecule has 1 aromatic rings. The van der Waals surface area contributed by atoms with Gasteiger partial charge >= 0.3 is 5.97 Å². The molecule has 3 heterocycles. The SMILES string of the molecule is CCc1cc(C(=O)N2CCC([C@@H]3OCCC3C(=O)O)CC2)oc1CC. The maximum Gasteiger partial charge on any atom is 0.309 e. The van der Waals surface area contributed by atoms with Gasteiger partial charge in [-0.15, -0.1) is 0 Å². The molecular weight excluding hydrogens is 322 g/mol. The predicted octanol–water partition coefficient (Wildman–Crippen LogP) is 2.75. The first kappa shape index (κ1) is 18.0. The molecular formula is C19H27NO5. The van der Waals surface area contributed by atoms with Crippen molar-refractivity contribution in [1.82, 2.24) is 4.90 Å². The number of nitrogens with zero attached hydrogens (tertiary/aromatic N) is 1. The molecule has 0 spiro atoms. The lowest BCUT2D eigenvalue weighted by molar-refractivity contribution is -0.145. The monoisotopic (exact) mass is 349 g/mol. The molecule has 3 rings (SSSR count). The fraction of sp³-hybridized carbons (Fsp3) is 0.684. The maximum atomic E-state index is 12.7. The minimum atomic E-state index is -0.768. The van der Waals surface area contributed by atoms with Gasteiger partial charge in [-0.1, -0.05) is 13.8 Å². The van der Waals surface area contributed by atoms with E-state index in [1.165, 1.54) is 0 Å². The molecule has 1 amide bonds. The zero-order valence-electron chi connectivity index (χ0n) is 15.0. The van der Waals surface area contributed by atoms with Gasteiger partial charge in [-0.25, -0.2) is 0 Å². The Hall–Kier alpha value is -1.82. The van der Waals surface area contributed by atoms with Crippen LogP contribution in [0.25, 0.3) is 0 Å². The van der Waals surface area contributed by atoms with E-state index < -0.39 is 11.9 Å².